The van der Waals surface area contributed by atoms with E-state index < -0.39 is 5.54 Å². The summed E-state index contributed by atoms with van der Waals surface area (Å²) in [5.74, 6) is 0.249. The Balaban J connectivity index is 1.75. The smallest absolute Gasteiger partial charge is 0.182 e. The molecule has 5 heteroatoms. The molecule has 1 aromatic carbocycles. The second kappa shape index (κ2) is 7.64. The Labute approximate surface area is 145 Å². The van der Waals surface area contributed by atoms with Crippen LogP contribution in [0.5, 0.6) is 0 Å². The monoisotopic (exact) mass is 330 g/mol. The van der Waals surface area contributed by atoms with E-state index in [-0.39, 0.29) is 5.78 Å². The van der Waals surface area contributed by atoms with Gasteiger partial charge in [0, 0.05) is 63.6 Å². The molecule has 2 N–H and O–H groups in total. The van der Waals surface area contributed by atoms with Crippen LogP contribution in [-0.2, 0) is 0 Å². The van der Waals surface area contributed by atoms with E-state index in [1.165, 1.54) is 5.69 Å². The summed E-state index contributed by atoms with van der Waals surface area (Å²) < 4.78 is 0. The lowest BCUT2D eigenvalue weighted by Gasteiger charge is -2.42. The molecule has 0 amide bonds. The molecular weight excluding hydrogens is 300 g/mol. The molecule has 0 spiro atoms. The van der Waals surface area contributed by atoms with Gasteiger partial charge in [-0.15, -0.1) is 0 Å². The summed E-state index contributed by atoms with van der Waals surface area (Å²) in [6, 6.07) is 8.23. The summed E-state index contributed by atoms with van der Waals surface area (Å²) in [5, 5.41) is 6.74. The first-order valence-corrected chi connectivity index (χ1v) is 9.21. The Morgan fingerprint density at radius 2 is 1.54 bits per heavy atom. The molecule has 132 valence electrons. The van der Waals surface area contributed by atoms with Gasteiger partial charge in [-0.1, -0.05) is 6.92 Å². The fourth-order valence-electron chi connectivity index (χ4n) is 3.74. The van der Waals surface area contributed by atoms with Gasteiger partial charge in [0.1, 0.15) is 0 Å². The average molecular weight is 330 g/mol. The molecule has 5 nitrogen and oxygen atoms in total. The van der Waals surface area contributed by atoms with Crippen molar-refractivity contribution in [3.63, 3.8) is 0 Å². The second-order valence-electron chi connectivity index (χ2n) is 6.98. The molecule has 1 unspecified atom stereocenters. The number of ketones is 1. The lowest BCUT2D eigenvalue weighted by atomic mass is 9.86. The summed E-state index contributed by atoms with van der Waals surface area (Å²) >= 11 is 0. The molecule has 2 saturated heterocycles. The minimum atomic E-state index is -0.404. The highest BCUT2D eigenvalue weighted by Crippen LogP contribution is 2.26. The highest BCUT2D eigenvalue weighted by atomic mass is 16.1. The number of anilines is 1. The van der Waals surface area contributed by atoms with Crippen molar-refractivity contribution in [2.75, 3.05) is 57.3 Å². The van der Waals surface area contributed by atoms with Crippen molar-refractivity contribution < 1.29 is 4.79 Å². The van der Waals surface area contributed by atoms with Crippen molar-refractivity contribution in [1.29, 1.82) is 0 Å². The van der Waals surface area contributed by atoms with E-state index in [0.29, 0.717) is 0 Å². The fraction of sp³-hybridized carbons (Fsp3) is 0.632. The minimum absolute atomic E-state index is 0.249. The summed E-state index contributed by atoms with van der Waals surface area (Å²) in [6.45, 7) is 12.1. The van der Waals surface area contributed by atoms with Crippen LogP contribution < -0.4 is 15.5 Å². The average Bonchev–Trinajstić information content (AvgIpc) is 2.68. The number of piperazine rings is 2. The number of hydrogen-bond donors (Lipinski definition) is 2. The number of benzene rings is 1. The topological polar surface area (TPSA) is 47.6 Å². The van der Waals surface area contributed by atoms with E-state index in [1.54, 1.807) is 0 Å². The predicted octanol–water partition coefficient (Wildman–Crippen LogP) is 1.35. The first-order valence-electron chi connectivity index (χ1n) is 9.21. The van der Waals surface area contributed by atoms with Crippen molar-refractivity contribution in [2.45, 2.75) is 25.8 Å². The lowest BCUT2D eigenvalue weighted by molar-refractivity contribution is 0.0532. The Hall–Kier alpha value is -1.43. The highest BCUT2D eigenvalue weighted by molar-refractivity contribution is 6.03. The van der Waals surface area contributed by atoms with Crippen LogP contribution in [0.2, 0.25) is 0 Å². The molecule has 0 radical (unpaired) electrons. The molecule has 2 aliphatic heterocycles. The molecule has 0 aromatic heterocycles. The number of nitrogens with one attached hydrogen (secondary N) is 2. The van der Waals surface area contributed by atoms with Gasteiger partial charge >= 0.3 is 0 Å². The zero-order valence-electron chi connectivity index (χ0n) is 15.0. The van der Waals surface area contributed by atoms with Crippen LogP contribution >= 0.6 is 0 Å². The zero-order chi connectivity index (χ0) is 17.0. The van der Waals surface area contributed by atoms with E-state index in [4.69, 9.17) is 0 Å². The maximum Gasteiger partial charge on any atom is 0.182 e. The van der Waals surface area contributed by atoms with Crippen molar-refractivity contribution in [1.82, 2.24) is 15.5 Å². The van der Waals surface area contributed by atoms with Gasteiger partial charge < -0.3 is 15.5 Å². The third-order valence-corrected chi connectivity index (χ3v) is 5.60. The molecule has 3 rings (SSSR count). The molecule has 0 saturated carbocycles. The van der Waals surface area contributed by atoms with E-state index >= 15 is 0 Å². The van der Waals surface area contributed by atoms with E-state index in [0.717, 1.165) is 64.3 Å². The van der Waals surface area contributed by atoms with Gasteiger partial charge in [0.2, 0.25) is 0 Å². The Bertz CT molecular complexity index is 547. The minimum Gasteiger partial charge on any atom is -0.369 e. The Kier molecular flexibility index (Phi) is 5.54. The third kappa shape index (κ3) is 3.48. The van der Waals surface area contributed by atoms with Crippen LogP contribution in [0.25, 0.3) is 0 Å². The van der Waals surface area contributed by atoms with Crippen LogP contribution in [0.1, 0.15) is 30.6 Å². The molecule has 0 aliphatic carbocycles. The molecule has 0 bridgehead atoms. The van der Waals surface area contributed by atoms with Gasteiger partial charge in [-0.05, 0) is 37.6 Å². The Morgan fingerprint density at radius 1 is 1.00 bits per heavy atom. The van der Waals surface area contributed by atoms with E-state index in [2.05, 4.69) is 46.4 Å². The van der Waals surface area contributed by atoms with Crippen molar-refractivity contribution in [3.05, 3.63) is 29.8 Å². The fourth-order valence-corrected chi connectivity index (χ4v) is 3.74. The summed E-state index contributed by atoms with van der Waals surface area (Å²) in [4.78, 5) is 17.9. The highest BCUT2D eigenvalue weighted by Gasteiger charge is 2.38. The number of carbonyl (C=O) groups is 1. The van der Waals surface area contributed by atoms with E-state index in [9.17, 15) is 4.79 Å². The molecular formula is C19H30N4O. The second-order valence-corrected chi connectivity index (χ2v) is 6.98. The summed E-state index contributed by atoms with van der Waals surface area (Å²) in [5.41, 5.74) is 1.64. The van der Waals surface area contributed by atoms with Gasteiger partial charge in [0.15, 0.2) is 5.78 Å². The van der Waals surface area contributed by atoms with Crippen LogP contribution in [-0.4, -0.2) is 68.6 Å². The van der Waals surface area contributed by atoms with Crippen molar-refractivity contribution in [2.24, 2.45) is 0 Å². The van der Waals surface area contributed by atoms with Gasteiger partial charge in [-0.2, -0.15) is 0 Å². The van der Waals surface area contributed by atoms with E-state index in [1.807, 2.05) is 12.1 Å². The van der Waals surface area contributed by atoms with Crippen LogP contribution in [0.4, 0.5) is 5.69 Å². The standard InChI is InChI=1S/C19H30N4O/c1-3-19(2,23-14-10-21-11-15-23)18(24)16-4-6-17(7-5-16)22-12-8-20-9-13-22/h4-7,20-21H,3,8-15H2,1-2H3. The Morgan fingerprint density at radius 3 is 2.08 bits per heavy atom. The van der Waals surface area contributed by atoms with Crippen LogP contribution in [0.3, 0.4) is 0 Å². The SMILES string of the molecule is CCC(C)(C(=O)c1ccc(N2CCNCC2)cc1)N1CCNCC1. The normalized spacial score (nSPS) is 22.2. The summed E-state index contributed by atoms with van der Waals surface area (Å²) in [7, 11) is 0. The van der Waals surface area contributed by atoms with Crippen LogP contribution in [0.15, 0.2) is 24.3 Å². The maximum atomic E-state index is 13.2. The zero-order valence-corrected chi connectivity index (χ0v) is 15.0. The van der Waals surface area contributed by atoms with Crippen molar-refractivity contribution >= 4 is 11.5 Å². The van der Waals surface area contributed by atoms with Crippen molar-refractivity contribution in [3.8, 4) is 0 Å². The number of rotatable bonds is 5. The first-order chi connectivity index (χ1) is 11.6. The van der Waals surface area contributed by atoms with Crippen LogP contribution in [0, 0.1) is 0 Å². The lowest BCUT2D eigenvalue weighted by Crippen LogP contribution is -2.58. The number of Topliss-reactive ketones (excluding diaryl/α,β-unsaturated/α-hetero) is 1. The number of carbonyl (C=O) groups excluding carboxylic acids is 1. The molecule has 2 aliphatic rings. The molecule has 1 atom stereocenters. The van der Waals surface area contributed by atoms with Gasteiger partial charge in [-0.3, -0.25) is 9.69 Å². The molecule has 1 aromatic rings. The quantitative estimate of drug-likeness (QED) is 0.798. The molecule has 24 heavy (non-hydrogen) atoms. The first kappa shape index (κ1) is 17.4. The molecule has 2 heterocycles. The number of hydrogen-bond acceptors (Lipinski definition) is 5. The van der Waals surface area contributed by atoms with Gasteiger partial charge in [0.05, 0.1) is 5.54 Å². The van der Waals surface area contributed by atoms with Gasteiger partial charge in [0.25, 0.3) is 0 Å². The number of nitrogens with zero attached hydrogens (tertiary/aromatic N) is 2. The molecule has 2 fully saturated rings. The largest absolute Gasteiger partial charge is 0.369 e. The predicted molar refractivity (Wildman–Crippen MR) is 99.0 cm³/mol. The van der Waals surface area contributed by atoms with Gasteiger partial charge in [-0.25, -0.2) is 0 Å². The third-order valence-electron chi connectivity index (χ3n) is 5.60. The maximum absolute atomic E-state index is 13.2. The summed E-state index contributed by atoms with van der Waals surface area (Å²) in [6.07, 6.45) is 0.839.